The first-order chi connectivity index (χ1) is 8.09. The molecule has 0 aliphatic heterocycles. The highest BCUT2D eigenvalue weighted by atomic mass is 32.1. The zero-order valence-corrected chi connectivity index (χ0v) is 11.2. The van der Waals surface area contributed by atoms with Crippen molar-refractivity contribution in [2.24, 2.45) is 11.3 Å². The molecule has 3 N–H and O–H groups in total. The van der Waals surface area contributed by atoms with Crippen molar-refractivity contribution in [3.63, 3.8) is 0 Å². The molecule has 1 aromatic heterocycles. The van der Waals surface area contributed by atoms with Crippen molar-refractivity contribution in [3.05, 3.63) is 5.01 Å². The second-order valence-electron chi connectivity index (χ2n) is 5.32. The minimum absolute atomic E-state index is 0.376. The minimum Gasteiger partial charge on any atom is -0.371 e. The molecule has 1 fully saturated rings. The highest BCUT2D eigenvalue weighted by Crippen LogP contribution is 2.36. The van der Waals surface area contributed by atoms with E-state index < -0.39 is 0 Å². The van der Waals surface area contributed by atoms with E-state index in [4.69, 9.17) is 10.6 Å². The number of nitrogens with one attached hydrogen (secondary N) is 1. The van der Waals surface area contributed by atoms with Gasteiger partial charge in [0.05, 0.1) is 6.10 Å². The highest BCUT2D eigenvalue weighted by Gasteiger charge is 2.27. The SMILES string of the molecule is CC1(C)CCC(OCc2nnc(NN)s2)CC1. The van der Waals surface area contributed by atoms with E-state index in [0.717, 1.165) is 17.8 Å². The van der Waals surface area contributed by atoms with Gasteiger partial charge in [0.25, 0.3) is 0 Å². The summed E-state index contributed by atoms with van der Waals surface area (Å²) in [4.78, 5) is 0. The molecule has 96 valence electrons. The van der Waals surface area contributed by atoms with E-state index in [1.54, 1.807) is 0 Å². The molecule has 0 saturated heterocycles. The van der Waals surface area contributed by atoms with Crippen LogP contribution in [-0.2, 0) is 11.3 Å². The van der Waals surface area contributed by atoms with Crippen molar-refractivity contribution >= 4 is 16.5 Å². The molecule has 0 radical (unpaired) electrons. The molecule has 5 nitrogen and oxygen atoms in total. The fourth-order valence-corrected chi connectivity index (χ4v) is 2.67. The summed E-state index contributed by atoms with van der Waals surface area (Å²) in [5.41, 5.74) is 2.97. The molecular weight excluding hydrogens is 236 g/mol. The molecule has 1 aliphatic rings. The Balaban J connectivity index is 1.75. The average Bonchev–Trinajstić information content (AvgIpc) is 2.75. The maximum Gasteiger partial charge on any atom is 0.219 e. The molecule has 17 heavy (non-hydrogen) atoms. The largest absolute Gasteiger partial charge is 0.371 e. The van der Waals surface area contributed by atoms with E-state index in [1.165, 1.54) is 24.2 Å². The van der Waals surface area contributed by atoms with Gasteiger partial charge < -0.3 is 4.74 Å². The molecule has 1 aromatic rings. The molecule has 0 bridgehead atoms. The molecule has 1 heterocycles. The number of nitrogens with zero attached hydrogens (tertiary/aromatic N) is 2. The number of hydrogen-bond donors (Lipinski definition) is 2. The summed E-state index contributed by atoms with van der Waals surface area (Å²) in [6, 6.07) is 0. The Morgan fingerprint density at radius 1 is 1.41 bits per heavy atom. The van der Waals surface area contributed by atoms with Gasteiger partial charge in [-0.1, -0.05) is 25.2 Å². The number of anilines is 1. The Morgan fingerprint density at radius 2 is 2.12 bits per heavy atom. The predicted molar refractivity (Wildman–Crippen MR) is 68.5 cm³/mol. The van der Waals surface area contributed by atoms with Crippen LogP contribution in [0.3, 0.4) is 0 Å². The quantitative estimate of drug-likeness (QED) is 0.639. The Morgan fingerprint density at radius 3 is 2.71 bits per heavy atom. The maximum atomic E-state index is 5.86. The van der Waals surface area contributed by atoms with Gasteiger partial charge in [0.2, 0.25) is 5.13 Å². The number of aromatic nitrogens is 2. The first-order valence-corrected chi connectivity index (χ1v) is 6.81. The number of hydrogen-bond acceptors (Lipinski definition) is 6. The van der Waals surface area contributed by atoms with Crippen LogP contribution in [0.2, 0.25) is 0 Å². The molecule has 0 atom stereocenters. The van der Waals surface area contributed by atoms with Crippen LogP contribution >= 0.6 is 11.3 Å². The lowest BCUT2D eigenvalue weighted by atomic mass is 9.76. The molecule has 0 amide bonds. The van der Waals surface area contributed by atoms with Gasteiger partial charge in [-0.15, -0.1) is 10.2 Å². The molecule has 0 spiro atoms. The van der Waals surface area contributed by atoms with Crippen LogP contribution in [0, 0.1) is 5.41 Å². The monoisotopic (exact) mass is 256 g/mol. The molecule has 2 rings (SSSR count). The van der Waals surface area contributed by atoms with E-state index in [1.807, 2.05) is 0 Å². The van der Waals surface area contributed by atoms with E-state index in [-0.39, 0.29) is 0 Å². The predicted octanol–water partition coefficient (Wildman–Crippen LogP) is 2.31. The van der Waals surface area contributed by atoms with Crippen LogP contribution in [0.5, 0.6) is 0 Å². The Hall–Kier alpha value is -0.720. The number of nitrogens with two attached hydrogens (primary N) is 1. The van der Waals surface area contributed by atoms with Crippen LogP contribution < -0.4 is 11.3 Å². The summed E-state index contributed by atoms with van der Waals surface area (Å²) in [6.45, 7) is 5.20. The van der Waals surface area contributed by atoms with E-state index >= 15 is 0 Å². The summed E-state index contributed by atoms with van der Waals surface area (Å²) in [6.07, 6.45) is 5.15. The van der Waals surface area contributed by atoms with Gasteiger partial charge in [0.15, 0.2) is 0 Å². The topological polar surface area (TPSA) is 73.1 Å². The van der Waals surface area contributed by atoms with Gasteiger partial charge in [-0.2, -0.15) is 0 Å². The number of rotatable bonds is 4. The standard InChI is InChI=1S/C11H20N4OS/c1-11(2)5-3-8(4-6-11)16-7-9-14-15-10(13-12)17-9/h8H,3-7,12H2,1-2H3,(H,13,15). The van der Waals surface area contributed by atoms with Crippen LogP contribution in [0.4, 0.5) is 5.13 Å². The maximum absolute atomic E-state index is 5.86. The lowest BCUT2D eigenvalue weighted by Crippen LogP contribution is -2.26. The molecule has 0 aromatic carbocycles. The van der Waals surface area contributed by atoms with Crippen LogP contribution in [0.25, 0.3) is 0 Å². The number of nitrogen functional groups attached to an aromatic ring is 1. The van der Waals surface area contributed by atoms with Gasteiger partial charge in [-0.3, -0.25) is 5.43 Å². The van der Waals surface area contributed by atoms with Gasteiger partial charge in [0, 0.05) is 0 Å². The Bertz CT molecular complexity index is 356. The first-order valence-electron chi connectivity index (χ1n) is 6.00. The fourth-order valence-electron chi connectivity index (χ4n) is 2.10. The van der Waals surface area contributed by atoms with Crippen LogP contribution in [0.1, 0.15) is 44.5 Å². The van der Waals surface area contributed by atoms with Crippen molar-refractivity contribution in [2.45, 2.75) is 52.2 Å². The van der Waals surface area contributed by atoms with Crippen molar-refractivity contribution in [2.75, 3.05) is 5.43 Å². The number of hydrazine groups is 1. The summed E-state index contributed by atoms with van der Waals surface area (Å²) in [7, 11) is 0. The molecule has 0 unspecified atom stereocenters. The third kappa shape index (κ3) is 3.62. The molecule has 1 saturated carbocycles. The third-order valence-electron chi connectivity index (χ3n) is 3.32. The summed E-state index contributed by atoms with van der Waals surface area (Å²) in [5, 5.41) is 9.39. The van der Waals surface area contributed by atoms with E-state index in [0.29, 0.717) is 23.3 Å². The third-order valence-corrected chi connectivity index (χ3v) is 4.15. The van der Waals surface area contributed by atoms with E-state index in [9.17, 15) is 0 Å². The molecule has 6 heteroatoms. The van der Waals surface area contributed by atoms with Gasteiger partial charge >= 0.3 is 0 Å². The first kappa shape index (κ1) is 12.7. The smallest absolute Gasteiger partial charge is 0.219 e. The Labute approximate surface area is 106 Å². The van der Waals surface area contributed by atoms with Crippen LogP contribution in [-0.4, -0.2) is 16.3 Å². The van der Waals surface area contributed by atoms with Crippen molar-refractivity contribution in [1.29, 1.82) is 0 Å². The van der Waals surface area contributed by atoms with Gasteiger partial charge in [0.1, 0.15) is 11.6 Å². The lowest BCUT2D eigenvalue weighted by molar-refractivity contribution is -0.00582. The second kappa shape index (κ2) is 5.29. The van der Waals surface area contributed by atoms with Crippen molar-refractivity contribution < 1.29 is 4.74 Å². The Kier molecular flexibility index (Phi) is 3.96. The normalized spacial score (nSPS) is 20.4. The minimum atomic E-state index is 0.376. The average molecular weight is 256 g/mol. The summed E-state index contributed by atoms with van der Waals surface area (Å²) >= 11 is 1.44. The molecule has 1 aliphatic carbocycles. The zero-order chi connectivity index (χ0) is 12.3. The lowest BCUT2D eigenvalue weighted by Gasteiger charge is -2.33. The number of ether oxygens (including phenoxy) is 1. The zero-order valence-electron chi connectivity index (χ0n) is 10.4. The second-order valence-corrected chi connectivity index (χ2v) is 6.38. The van der Waals surface area contributed by atoms with Crippen LogP contribution in [0.15, 0.2) is 0 Å². The molecular formula is C11H20N4OS. The van der Waals surface area contributed by atoms with E-state index in [2.05, 4.69) is 29.5 Å². The van der Waals surface area contributed by atoms with Gasteiger partial charge in [-0.05, 0) is 31.1 Å². The fraction of sp³-hybridized carbons (Fsp3) is 0.818. The van der Waals surface area contributed by atoms with Crippen molar-refractivity contribution in [1.82, 2.24) is 10.2 Å². The summed E-state index contributed by atoms with van der Waals surface area (Å²) < 4.78 is 5.86. The van der Waals surface area contributed by atoms with Crippen molar-refractivity contribution in [3.8, 4) is 0 Å². The summed E-state index contributed by atoms with van der Waals surface area (Å²) in [5.74, 6) is 5.25. The highest BCUT2D eigenvalue weighted by molar-refractivity contribution is 7.15. The van der Waals surface area contributed by atoms with Gasteiger partial charge in [-0.25, -0.2) is 5.84 Å².